The van der Waals surface area contributed by atoms with E-state index >= 15 is 0 Å². The molecule has 92 valence electrons. The average Bonchev–Trinajstić information content (AvgIpc) is 2.70. The van der Waals surface area contributed by atoms with E-state index in [0.29, 0.717) is 10.9 Å². The molecule has 0 aromatic heterocycles. The minimum absolute atomic E-state index is 0.148. The highest BCUT2D eigenvalue weighted by Gasteiger charge is 2.38. The molecule has 2 rings (SSSR count). The van der Waals surface area contributed by atoms with Crippen LogP contribution in [-0.4, -0.2) is 27.3 Å². The van der Waals surface area contributed by atoms with Gasteiger partial charge in [0.15, 0.2) is 0 Å². The van der Waals surface area contributed by atoms with Crippen molar-refractivity contribution >= 4 is 33.6 Å². The third-order valence-corrected chi connectivity index (χ3v) is 6.13. The first kappa shape index (κ1) is 12.7. The van der Waals surface area contributed by atoms with Gasteiger partial charge in [-0.1, -0.05) is 15.9 Å². The van der Waals surface area contributed by atoms with E-state index in [-0.39, 0.29) is 10.7 Å². The first-order valence-corrected chi connectivity index (χ1v) is 8.09. The zero-order valence-electron chi connectivity index (χ0n) is 9.80. The Bertz CT molecular complexity index is 258. The second-order valence-electron chi connectivity index (χ2n) is 5.11. The summed E-state index contributed by atoms with van der Waals surface area (Å²) in [6, 6.07) is 0.416. The van der Waals surface area contributed by atoms with Gasteiger partial charge in [-0.15, -0.1) is 11.8 Å². The highest BCUT2D eigenvalue weighted by atomic mass is 79.9. The maximum absolute atomic E-state index is 12.2. The zero-order valence-corrected chi connectivity index (χ0v) is 12.2. The van der Waals surface area contributed by atoms with Gasteiger partial charge < -0.3 is 5.32 Å². The van der Waals surface area contributed by atoms with Gasteiger partial charge >= 0.3 is 0 Å². The molecule has 2 fully saturated rings. The molecule has 0 bridgehead atoms. The van der Waals surface area contributed by atoms with E-state index in [1.54, 1.807) is 0 Å². The van der Waals surface area contributed by atoms with Gasteiger partial charge in [0.05, 0.1) is 4.75 Å². The fraction of sp³-hybridized carbons (Fsp3) is 0.917. The van der Waals surface area contributed by atoms with Crippen LogP contribution in [0.15, 0.2) is 0 Å². The SMILES string of the molecule is CC1(C(=O)NC2CCC(Br)CC2)CCCS1. The predicted octanol–water partition coefficient (Wildman–Crippen LogP) is 3.09. The predicted molar refractivity (Wildman–Crippen MR) is 73.2 cm³/mol. The topological polar surface area (TPSA) is 29.1 Å². The number of hydrogen-bond donors (Lipinski definition) is 1. The van der Waals surface area contributed by atoms with E-state index in [4.69, 9.17) is 0 Å². The van der Waals surface area contributed by atoms with Crippen LogP contribution in [0.5, 0.6) is 0 Å². The molecule has 4 heteroatoms. The molecule has 1 heterocycles. The first-order chi connectivity index (χ1) is 7.60. The van der Waals surface area contributed by atoms with Crippen molar-refractivity contribution in [2.24, 2.45) is 0 Å². The lowest BCUT2D eigenvalue weighted by Gasteiger charge is -2.30. The molecule has 1 atom stereocenters. The maximum atomic E-state index is 12.2. The van der Waals surface area contributed by atoms with Crippen LogP contribution in [0.2, 0.25) is 0 Å². The van der Waals surface area contributed by atoms with Crippen LogP contribution in [-0.2, 0) is 4.79 Å². The van der Waals surface area contributed by atoms with Gasteiger partial charge in [-0.25, -0.2) is 0 Å². The number of rotatable bonds is 2. The Kier molecular flexibility index (Phi) is 4.22. The molecule has 1 aliphatic heterocycles. The van der Waals surface area contributed by atoms with Crippen molar-refractivity contribution in [3.63, 3.8) is 0 Å². The lowest BCUT2D eigenvalue weighted by atomic mass is 9.94. The van der Waals surface area contributed by atoms with Gasteiger partial charge in [0.1, 0.15) is 0 Å². The van der Waals surface area contributed by atoms with Gasteiger partial charge in [0, 0.05) is 10.9 Å². The van der Waals surface area contributed by atoms with Crippen molar-refractivity contribution in [1.29, 1.82) is 0 Å². The monoisotopic (exact) mass is 305 g/mol. The van der Waals surface area contributed by atoms with Crippen LogP contribution in [0.25, 0.3) is 0 Å². The number of thioether (sulfide) groups is 1. The fourth-order valence-electron chi connectivity index (χ4n) is 2.49. The summed E-state index contributed by atoms with van der Waals surface area (Å²) in [7, 11) is 0. The molecule has 0 aromatic carbocycles. The Labute approximate surface area is 110 Å². The van der Waals surface area contributed by atoms with Crippen LogP contribution >= 0.6 is 27.7 Å². The van der Waals surface area contributed by atoms with Crippen LogP contribution in [0.1, 0.15) is 45.4 Å². The summed E-state index contributed by atoms with van der Waals surface area (Å²) in [6.45, 7) is 2.09. The lowest BCUT2D eigenvalue weighted by Crippen LogP contribution is -2.46. The van der Waals surface area contributed by atoms with Crippen molar-refractivity contribution in [2.45, 2.75) is 61.1 Å². The number of halogens is 1. The van der Waals surface area contributed by atoms with Crippen molar-refractivity contribution in [2.75, 3.05) is 5.75 Å². The minimum Gasteiger partial charge on any atom is -0.352 e. The normalized spacial score (nSPS) is 39.6. The van der Waals surface area contributed by atoms with Gasteiger partial charge in [-0.05, 0) is 51.2 Å². The Morgan fingerprint density at radius 2 is 2.06 bits per heavy atom. The number of amides is 1. The molecular formula is C12H20BrNOS. The van der Waals surface area contributed by atoms with Crippen LogP contribution in [0.4, 0.5) is 0 Å². The van der Waals surface area contributed by atoms with Gasteiger partial charge in [0.25, 0.3) is 0 Å². The largest absolute Gasteiger partial charge is 0.352 e. The Hall–Kier alpha value is 0.300. The third kappa shape index (κ3) is 2.95. The summed E-state index contributed by atoms with van der Waals surface area (Å²) in [5.41, 5.74) is 0. The Balaban J connectivity index is 1.83. The van der Waals surface area contributed by atoms with E-state index in [1.165, 1.54) is 19.3 Å². The van der Waals surface area contributed by atoms with Crippen LogP contribution < -0.4 is 5.32 Å². The molecule has 1 unspecified atom stereocenters. The average molecular weight is 306 g/mol. The molecular weight excluding hydrogens is 286 g/mol. The van der Waals surface area contributed by atoms with Crippen molar-refractivity contribution in [3.05, 3.63) is 0 Å². The van der Waals surface area contributed by atoms with E-state index in [9.17, 15) is 4.79 Å². The highest BCUT2D eigenvalue weighted by molar-refractivity contribution is 9.09. The molecule has 1 saturated carbocycles. The molecule has 1 amide bonds. The summed E-state index contributed by atoms with van der Waals surface area (Å²) in [6.07, 6.45) is 6.86. The third-order valence-electron chi connectivity index (χ3n) is 3.69. The van der Waals surface area contributed by atoms with E-state index < -0.39 is 0 Å². The summed E-state index contributed by atoms with van der Waals surface area (Å²) < 4.78 is -0.148. The van der Waals surface area contributed by atoms with Crippen molar-refractivity contribution in [1.82, 2.24) is 5.32 Å². The van der Waals surface area contributed by atoms with E-state index in [0.717, 1.165) is 25.0 Å². The molecule has 0 spiro atoms. The molecule has 0 radical (unpaired) electrons. The highest BCUT2D eigenvalue weighted by Crippen LogP contribution is 2.38. The molecule has 2 aliphatic rings. The van der Waals surface area contributed by atoms with Gasteiger partial charge in [0.2, 0.25) is 5.91 Å². The summed E-state index contributed by atoms with van der Waals surface area (Å²) in [4.78, 5) is 12.8. The molecule has 0 aromatic rings. The van der Waals surface area contributed by atoms with E-state index in [2.05, 4.69) is 28.2 Å². The van der Waals surface area contributed by atoms with Crippen LogP contribution in [0, 0.1) is 0 Å². The molecule has 1 aliphatic carbocycles. The number of alkyl halides is 1. The summed E-state index contributed by atoms with van der Waals surface area (Å²) >= 11 is 5.46. The molecule has 2 nitrogen and oxygen atoms in total. The maximum Gasteiger partial charge on any atom is 0.236 e. The molecule has 16 heavy (non-hydrogen) atoms. The van der Waals surface area contributed by atoms with Crippen LogP contribution in [0.3, 0.4) is 0 Å². The minimum atomic E-state index is -0.148. The molecule has 1 N–H and O–H groups in total. The number of carbonyl (C=O) groups is 1. The zero-order chi connectivity index (χ0) is 11.6. The standard InChI is InChI=1S/C12H20BrNOS/c1-12(7-2-8-16-12)11(15)14-10-5-3-9(13)4-6-10/h9-10H,2-8H2,1H3,(H,14,15). The number of hydrogen-bond acceptors (Lipinski definition) is 2. The van der Waals surface area contributed by atoms with Crippen molar-refractivity contribution in [3.8, 4) is 0 Å². The van der Waals surface area contributed by atoms with Gasteiger partial charge in [-0.2, -0.15) is 0 Å². The number of carbonyl (C=O) groups excluding carboxylic acids is 1. The quantitative estimate of drug-likeness (QED) is 0.794. The Morgan fingerprint density at radius 1 is 1.38 bits per heavy atom. The molecule has 1 saturated heterocycles. The Morgan fingerprint density at radius 3 is 2.62 bits per heavy atom. The number of nitrogens with one attached hydrogen (secondary N) is 1. The van der Waals surface area contributed by atoms with E-state index in [1.807, 2.05) is 11.8 Å². The fourth-order valence-corrected chi connectivity index (χ4v) is 4.24. The van der Waals surface area contributed by atoms with Crippen molar-refractivity contribution < 1.29 is 4.79 Å². The smallest absolute Gasteiger partial charge is 0.236 e. The summed E-state index contributed by atoms with van der Waals surface area (Å²) in [5.74, 6) is 1.41. The first-order valence-electron chi connectivity index (χ1n) is 6.19. The second-order valence-corrected chi connectivity index (χ2v) is 8.00. The van der Waals surface area contributed by atoms with Gasteiger partial charge in [-0.3, -0.25) is 4.79 Å². The second kappa shape index (κ2) is 5.30. The lowest BCUT2D eigenvalue weighted by molar-refractivity contribution is -0.124. The summed E-state index contributed by atoms with van der Waals surface area (Å²) in [5, 5.41) is 3.24.